The number of halogens is 1. The summed E-state index contributed by atoms with van der Waals surface area (Å²) in [5.41, 5.74) is 1.83. The SMILES string of the molecule is CSc1cccc2oc(I)nc12. The van der Waals surface area contributed by atoms with Gasteiger partial charge in [0.15, 0.2) is 5.58 Å². The minimum atomic E-state index is 0.698. The van der Waals surface area contributed by atoms with Crippen LogP contribution in [0.4, 0.5) is 0 Å². The third kappa shape index (κ3) is 1.33. The molecule has 0 aliphatic rings. The zero-order valence-electron chi connectivity index (χ0n) is 6.37. The van der Waals surface area contributed by atoms with Crippen molar-refractivity contribution in [3.63, 3.8) is 0 Å². The monoisotopic (exact) mass is 291 g/mol. The molecule has 0 N–H and O–H groups in total. The van der Waals surface area contributed by atoms with Crippen LogP contribution in [0.15, 0.2) is 27.5 Å². The summed E-state index contributed by atoms with van der Waals surface area (Å²) in [6.07, 6.45) is 2.04. The third-order valence-electron chi connectivity index (χ3n) is 1.58. The lowest BCUT2D eigenvalue weighted by atomic mass is 10.3. The molecule has 4 heteroatoms. The molecule has 0 unspecified atom stereocenters. The number of fused-ring (bicyclic) bond motifs is 1. The van der Waals surface area contributed by atoms with Crippen LogP contribution in [0.25, 0.3) is 11.1 Å². The molecule has 0 bridgehead atoms. The molecule has 2 aromatic rings. The van der Waals surface area contributed by atoms with Gasteiger partial charge in [-0.3, -0.25) is 0 Å². The molecule has 0 aliphatic heterocycles. The van der Waals surface area contributed by atoms with Crippen LogP contribution in [0.3, 0.4) is 0 Å². The molecule has 0 radical (unpaired) electrons. The van der Waals surface area contributed by atoms with Gasteiger partial charge in [0.25, 0.3) is 3.90 Å². The van der Waals surface area contributed by atoms with E-state index in [-0.39, 0.29) is 0 Å². The lowest BCUT2D eigenvalue weighted by molar-refractivity contribution is 0.566. The first-order valence-electron chi connectivity index (χ1n) is 3.40. The average Bonchev–Trinajstić information content (AvgIpc) is 2.44. The highest BCUT2D eigenvalue weighted by Gasteiger charge is 2.05. The number of nitrogens with zero attached hydrogens (tertiary/aromatic N) is 1. The normalized spacial score (nSPS) is 10.8. The van der Waals surface area contributed by atoms with E-state index < -0.39 is 0 Å². The van der Waals surface area contributed by atoms with Gasteiger partial charge in [0.05, 0.1) is 0 Å². The Hall–Kier alpha value is -0.230. The molecule has 0 aliphatic carbocycles. The second-order valence-electron chi connectivity index (χ2n) is 2.27. The Morgan fingerprint density at radius 3 is 3.08 bits per heavy atom. The summed E-state index contributed by atoms with van der Waals surface area (Å²) >= 11 is 3.76. The lowest BCUT2D eigenvalue weighted by Crippen LogP contribution is -1.73. The van der Waals surface area contributed by atoms with Gasteiger partial charge in [0.1, 0.15) is 5.52 Å². The molecule has 12 heavy (non-hydrogen) atoms. The summed E-state index contributed by atoms with van der Waals surface area (Å²) in [6.45, 7) is 0. The number of para-hydroxylation sites is 1. The van der Waals surface area contributed by atoms with Crippen molar-refractivity contribution in [3.8, 4) is 0 Å². The van der Waals surface area contributed by atoms with Crippen molar-refractivity contribution in [2.75, 3.05) is 6.26 Å². The predicted molar refractivity (Wildman–Crippen MR) is 58.5 cm³/mol. The summed E-state index contributed by atoms with van der Waals surface area (Å²) in [7, 11) is 0. The van der Waals surface area contributed by atoms with Crippen LogP contribution in [0.1, 0.15) is 0 Å². The van der Waals surface area contributed by atoms with E-state index in [0.717, 1.165) is 11.1 Å². The Morgan fingerprint density at radius 2 is 2.33 bits per heavy atom. The van der Waals surface area contributed by atoms with E-state index in [1.165, 1.54) is 4.90 Å². The Labute approximate surface area is 87.9 Å². The van der Waals surface area contributed by atoms with Gasteiger partial charge in [-0.15, -0.1) is 11.8 Å². The summed E-state index contributed by atoms with van der Waals surface area (Å²) in [4.78, 5) is 5.45. The molecule has 1 heterocycles. The standard InChI is InChI=1S/C8H6INOS/c1-12-6-4-2-3-5-7(6)10-8(9)11-5/h2-4H,1H3. The molecule has 0 saturated carbocycles. The van der Waals surface area contributed by atoms with Crippen molar-refractivity contribution in [1.82, 2.24) is 4.98 Å². The minimum absolute atomic E-state index is 0.698. The maximum absolute atomic E-state index is 5.37. The van der Waals surface area contributed by atoms with Gasteiger partial charge in [-0.2, -0.15) is 0 Å². The molecule has 2 rings (SSSR count). The molecule has 0 spiro atoms. The van der Waals surface area contributed by atoms with Gasteiger partial charge < -0.3 is 4.42 Å². The van der Waals surface area contributed by atoms with Crippen LogP contribution < -0.4 is 0 Å². The molecule has 1 aromatic heterocycles. The van der Waals surface area contributed by atoms with Gasteiger partial charge in [0, 0.05) is 27.5 Å². The number of aromatic nitrogens is 1. The van der Waals surface area contributed by atoms with E-state index in [9.17, 15) is 0 Å². The van der Waals surface area contributed by atoms with E-state index in [2.05, 4.69) is 27.6 Å². The van der Waals surface area contributed by atoms with Crippen molar-refractivity contribution in [2.45, 2.75) is 4.90 Å². The third-order valence-corrected chi connectivity index (χ3v) is 2.81. The largest absolute Gasteiger partial charge is 0.432 e. The van der Waals surface area contributed by atoms with Crippen molar-refractivity contribution in [3.05, 3.63) is 22.1 Å². The smallest absolute Gasteiger partial charge is 0.258 e. The van der Waals surface area contributed by atoms with Crippen molar-refractivity contribution >= 4 is 45.5 Å². The number of thioether (sulfide) groups is 1. The fraction of sp³-hybridized carbons (Fsp3) is 0.125. The molecule has 0 atom stereocenters. The van der Waals surface area contributed by atoms with Crippen LogP contribution in [0.2, 0.25) is 0 Å². The maximum Gasteiger partial charge on any atom is 0.258 e. The summed E-state index contributed by atoms with van der Waals surface area (Å²) < 4.78 is 6.07. The summed E-state index contributed by atoms with van der Waals surface area (Å²) in [6, 6.07) is 5.96. The number of hydrogen-bond donors (Lipinski definition) is 0. The highest BCUT2D eigenvalue weighted by atomic mass is 127. The molecule has 62 valence electrons. The van der Waals surface area contributed by atoms with E-state index in [1.807, 2.05) is 24.5 Å². The first-order chi connectivity index (χ1) is 5.81. The zero-order chi connectivity index (χ0) is 8.55. The minimum Gasteiger partial charge on any atom is -0.432 e. The molecular formula is C8H6INOS. The Morgan fingerprint density at radius 1 is 1.50 bits per heavy atom. The van der Waals surface area contributed by atoms with Crippen LogP contribution >= 0.6 is 34.4 Å². The van der Waals surface area contributed by atoms with E-state index in [0.29, 0.717) is 3.90 Å². The van der Waals surface area contributed by atoms with Crippen LogP contribution in [0, 0.1) is 3.90 Å². The van der Waals surface area contributed by atoms with E-state index >= 15 is 0 Å². The highest BCUT2D eigenvalue weighted by Crippen LogP contribution is 2.26. The number of benzene rings is 1. The van der Waals surface area contributed by atoms with Crippen LogP contribution in [0.5, 0.6) is 0 Å². The molecule has 0 amide bonds. The quantitative estimate of drug-likeness (QED) is 0.596. The van der Waals surface area contributed by atoms with Crippen LogP contribution in [-0.2, 0) is 0 Å². The van der Waals surface area contributed by atoms with Gasteiger partial charge in [-0.05, 0) is 18.4 Å². The van der Waals surface area contributed by atoms with Gasteiger partial charge in [-0.1, -0.05) is 6.07 Å². The topological polar surface area (TPSA) is 26.0 Å². The average molecular weight is 291 g/mol. The first kappa shape index (κ1) is 8.37. The predicted octanol–water partition coefficient (Wildman–Crippen LogP) is 3.15. The van der Waals surface area contributed by atoms with E-state index in [4.69, 9.17) is 4.42 Å². The molecule has 0 saturated heterocycles. The molecule has 0 fully saturated rings. The summed E-state index contributed by atoms with van der Waals surface area (Å²) in [5, 5.41) is 0. The second kappa shape index (κ2) is 3.26. The Balaban J connectivity index is 2.78. The molecular weight excluding hydrogens is 285 g/mol. The second-order valence-corrected chi connectivity index (χ2v) is 4.04. The number of oxazole rings is 1. The van der Waals surface area contributed by atoms with Crippen molar-refractivity contribution < 1.29 is 4.42 Å². The zero-order valence-corrected chi connectivity index (χ0v) is 9.35. The van der Waals surface area contributed by atoms with Crippen LogP contribution in [-0.4, -0.2) is 11.2 Å². The maximum atomic E-state index is 5.37. The van der Waals surface area contributed by atoms with Crippen molar-refractivity contribution in [1.29, 1.82) is 0 Å². The van der Waals surface area contributed by atoms with Gasteiger partial charge in [-0.25, -0.2) is 4.98 Å². The molecule has 2 nitrogen and oxygen atoms in total. The van der Waals surface area contributed by atoms with Crippen molar-refractivity contribution in [2.24, 2.45) is 0 Å². The lowest BCUT2D eigenvalue weighted by Gasteiger charge is -1.93. The Kier molecular flexibility index (Phi) is 2.27. The van der Waals surface area contributed by atoms with Gasteiger partial charge in [0.2, 0.25) is 0 Å². The highest BCUT2D eigenvalue weighted by molar-refractivity contribution is 14.1. The Bertz CT molecular complexity index is 412. The fourth-order valence-electron chi connectivity index (χ4n) is 1.06. The van der Waals surface area contributed by atoms with E-state index in [1.54, 1.807) is 11.8 Å². The first-order valence-corrected chi connectivity index (χ1v) is 5.70. The number of hydrogen-bond acceptors (Lipinski definition) is 3. The fourth-order valence-corrected chi connectivity index (χ4v) is 2.09. The summed E-state index contributed by atoms with van der Waals surface area (Å²) in [5.74, 6) is 0. The van der Waals surface area contributed by atoms with Gasteiger partial charge >= 0.3 is 0 Å². The number of rotatable bonds is 1. The molecule has 1 aromatic carbocycles.